The molecule has 1 aliphatic heterocycles. The van der Waals surface area contributed by atoms with Gasteiger partial charge in [0, 0.05) is 6.20 Å². The van der Waals surface area contributed by atoms with Crippen LogP contribution in [0.2, 0.25) is 0 Å². The molecule has 2 heterocycles. The second-order valence-corrected chi connectivity index (χ2v) is 2.50. The lowest BCUT2D eigenvalue weighted by atomic mass is 10.4. The van der Waals surface area contributed by atoms with E-state index in [1.807, 2.05) is 0 Å². The Morgan fingerprint density at radius 2 is 2.38 bits per heavy atom. The standard InChI is InChI=1S/C8H8N2O2.ClH/c11-7-3-5-12-6-2-1-4-9-8(6)10-7;/h1-2,4H,3,5H2,(H,9,10,11);1H. The van der Waals surface area contributed by atoms with Gasteiger partial charge in [-0.3, -0.25) is 4.79 Å². The van der Waals surface area contributed by atoms with E-state index in [1.165, 1.54) is 0 Å². The topological polar surface area (TPSA) is 51.2 Å². The summed E-state index contributed by atoms with van der Waals surface area (Å²) in [5.74, 6) is 1.11. The zero-order valence-electron chi connectivity index (χ0n) is 6.82. The SMILES string of the molecule is Cl.O=C1CCOc2cccnc2N1. The normalized spacial score (nSPS) is 14.3. The highest BCUT2D eigenvalue weighted by atomic mass is 35.5. The highest BCUT2D eigenvalue weighted by molar-refractivity contribution is 5.91. The van der Waals surface area contributed by atoms with Gasteiger partial charge in [-0.2, -0.15) is 0 Å². The van der Waals surface area contributed by atoms with E-state index < -0.39 is 0 Å². The van der Waals surface area contributed by atoms with Crippen molar-refractivity contribution in [1.29, 1.82) is 0 Å². The minimum absolute atomic E-state index is 0. The molecular weight excluding hydrogens is 192 g/mol. The van der Waals surface area contributed by atoms with E-state index in [9.17, 15) is 4.79 Å². The van der Waals surface area contributed by atoms with Gasteiger partial charge in [0.05, 0.1) is 13.0 Å². The number of amides is 1. The Hall–Kier alpha value is -1.29. The molecule has 5 heteroatoms. The number of pyridine rings is 1. The van der Waals surface area contributed by atoms with E-state index in [4.69, 9.17) is 4.74 Å². The summed E-state index contributed by atoms with van der Waals surface area (Å²) in [4.78, 5) is 15.0. The van der Waals surface area contributed by atoms with Crippen molar-refractivity contribution in [3.63, 3.8) is 0 Å². The number of nitrogens with one attached hydrogen (secondary N) is 1. The zero-order valence-corrected chi connectivity index (χ0v) is 7.63. The number of carbonyl (C=O) groups is 1. The Morgan fingerprint density at radius 3 is 3.23 bits per heavy atom. The number of nitrogens with zero attached hydrogens (tertiary/aromatic N) is 1. The molecule has 0 spiro atoms. The molecule has 0 saturated heterocycles. The second kappa shape index (κ2) is 4.09. The first-order valence-electron chi connectivity index (χ1n) is 3.74. The number of hydrogen-bond acceptors (Lipinski definition) is 3. The molecule has 0 bridgehead atoms. The largest absolute Gasteiger partial charge is 0.489 e. The van der Waals surface area contributed by atoms with Crippen LogP contribution in [0.5, 0.6) is 5.75 Å². The molecule has 1 aliphatic rings. The molecule has 1 aromatic rings. The molecule has 0 atom stereocenters. The summed E-state index contributed by atoms with van der Waals surface area (Å²) in [7, 11) is 0. The van der Waals surface area contributed by atoms with Gasteiger partial charge in [0.2, 0.25) is 5.91 Å². The predicted octanol–water partition coefficient (Wildman–Crippen LogP) is 1.22. The molecule has 1 aromatic heterocycles. The lowest BCUT2D eigenvalue weighted by molar-refractivity contribution is -0.116. The van der Waals surface area contributed by atoms with Crippen molar-refractivity contribution >= 4 is 24.1 Å². The Balaban J connectivity index is 0.000000845. The van der Waals surface area contributed by atoms with Crippen molar-refractivity contribution in [2.45, 2.75) is 6.42 Å². The van der Waals surface area contributed by atoms with Crippen molar-refractivity contribution in [1.82, 2.24) is 4.98 Å². The lowest BCUT2D eigenvalue weighted by Gasteiger charge is -2.03. The highest BCUT2D eigenvalue weighted by Gasteiger charge is 2.13. The first kappa shape index (κ1) is 9.80. The van der Waals surface area contributed by atoms with Crippen LogP contribution in [0.1, 0.15) is 6.42 Å². The number of aromatic nitrogens is 1. The van der Waals surface area contributed by atoms with Crippen LogP contribution in [0.25, 0.3) is 0 Å². The Kier molecular flexibility index (Phi) is 3.08. The molecule has 1 N–H and O–H groups in total. The van der Waals surface area contributed by atoms with Gasteiger partial charge < -0.3 is 10.1 Å². The monoisotopic (exact) mass is 200 g/mol. The molecule has 0 radical (unpaired) electrons. The number of anilines is 1. The van der Waals surface area contributed by atoms with Crippen LogP contribution in [-0.4, -0.2) is 17.5 Å². The lowest BCUT2D eigenvalue weighted by Crippen LogP contribution is -2.11. The molecule has 0 saturated carbocycles. The van der Waals surface area contributed by atoms with Gasteiger partial charge in [-0.25, -0.2) is 4.98 Å². The van der Waals surface area contributed by atoms with Crippen LogP contribution in [0.4, 0.5) is 5.82 Å². The number of fused-ring (bicyclic) bond motifs is 1. The summed E-state index contributed by atoms with van der Waals surface area (Å²) < 4.78 is 5.27. The van der Waals surface area contributed by atoms with Crippen LogP contribution < -0.4 is 10.1 Å². The van der Waals surface area contributed by atoms with Gasteiger partial charge in [-0.15, -0.1) is 12.4 Å². The number of ether oxygens (including phenoxy) is 1. The first-order chi connectivity index (χ1) is 5.86. The number of rotatable bonds is 0. The molecular formula is C8H9ClN2O2. The molecule has 0 aliphatic carbocycles. The highest BCUT2D eigenvalue weighted by Crippen LogP contribution is 2.22. The van der Waals surface area contributed by atoms with Crippen molar-refractivity contribution in [2.75, 3.05) is 11.9 Å². The van der Waals surface area contributed by atoms with Crippen molar-refractivity contribution in [3.05, 3.63) is 18.3 Å². The molecule has 1 amide bonds. The number of hydrogen-bond donors (Lipinski definition) is 1. The maximum Gasteiger partial charge on any atom is 0.229 e. The van der Waals surface area contributed by atoms with E-state index in [2.05, 4.69) is 10.3 Å². The third kappa shape index (κ3) is 2.09. The fraction of sp³-hybridized carbons (Fsp3) is 0.250. The first-order valence-corrected chi connectivity index (χ1v) is 3.74. The number of halogens is 1. The summed E-state index contributed by atoms with van der Waals surface area (Å²) in [5.41, 5.74) is 0. The second-order valence-electron chi connectivity index (χ2n) is 2.50. The minimum Gasteiger partial charge on any atom is -0.489 e. The van der Waals surface area contributed by atoms with Gasteiger partial charge in [-0.1, -0.05) is 0 Å². The van der Waals surface area contributed by atoms with Crippen molar-refractivity contribution in [2.24, 2.45) is 0 Å². The predicted molar refractivity (Wildman–Crippen MR) is 50.2 cm³/mol. The van der Waals surface area contributed by atoms with Crippen LogP contribution in [0.15, 0.2) is 18.3 Å². The molecule has 13 heavy (non-hydrogen) atoms. The van der Waals surface area contributed by atoms with Crippen molar-refractivity contribution in [3.8, 4) is 5.75 Å². The average molecular weight is 201 g/mol. The molecule has 70 valence electrons. The summed E-state index contributed by atoms with van der Waals surface area (Å²) in [6, 6.07) is 3.56. The molecule has 2 rings (SSSR count). The summed E-state index contributed by atoms with van der Waals surface area (Å²) in [6.07, 6.45) is 2.00. The van der Waals surface area contributed by atoms with Gasteiger partial charge in [-0.05, 0) is 12.1 Å². The average Bonchev–Trinajstić information content (AvgIpc) is 2.25. The number of carbonyl (C=O) groups excluding carboxylic acids is 1. The van der Waals surface area contributed by atoms with Crippen molar-refractivity contribution < 1.29 is 9.53 Å². The summed E-state index contributed by atoms with van der Waals surface area (Å²) in [5, 5.41) is 2.65. The van der Waals surface area contributed by atoms with E-state index in [1.54, 1.807) is 18.3 Å². The minimum atomic E-state index is -0.0487. The Morgan fingerprint density at radius 1 is 1.54 bits per heavy atom. The van der Waals surface area contributed by atoms with Gasteiger partial charge in [0.1, 0.15) is 0 Å². The molecule has 0 fully saturated rings. The fourth-order valence-corrected chi connectivity index (χ4v) is 1.05. The third-order valence-electron chi connectivity index (χ3n) is 1.62. The molecule has 0 unspecified atom stereocenters. The van der Waals surface area contributed by atoms with Gasteiger partial charge >= 0.3 is 0 Å². The van der Waals surface area contributed by atoms with Crippen LogP contribution >= 0.6 is 12.4 Å². The van der Waals surface area contributed by atoms with Gasteiger partial charge in [0.15, 0.2) is 11.6 Å². The summed E-state index contributed by atoms with van der Waals surface area (Å²) in [6.45, 7) is 0.421. The van der Waals surface area contributed by atoms with Gasteiger partial charge in [0.25, 0.3) is 0 Å². The van der Waals surface area contributed by atoms with E-state index >= 15 is 0 Å². The van der Waals surface area contributed by atoms with E-state index in [-0.39, 0.29) is 18.3 Å². The van der Waals surface area contributed by atoms with E-state index in [0.717, 1.165) is 0 Å². The molecule has 0 aromatic carbocycles. The Bertz CT molecular complexity index is 317. The zero-order chi connectivity index (χ0) is 8.39. The smallest absolute Gasteiger partial charge is 0.229 e. The van der Waals surface area contributed by atoms with Crippen LogP contribution in [-0.2, 0) is 4.79 Å². The van der Waals surface area contributed by atoms with E-state index in [0.29, 0.717) is 24.6 Å². The maximum absolute atomic E-state index is 11.0. The van der Waals surface area contributed by atoms with Crippen LogP contribution in [0.3, 0.4) is 0 Å². The Labute approximate surface area is 81.7 Å². The third-order valence-corrected chi connectivity index (χ3v) is 1.62. The quantitative estimate of drug-likeness (QED) is 0.685. The van der Waals surface area contributed by atoms with Crippen LogP contribution in [0, 0.1) is 0 Å². The fourth-order valence-electron chi connectivity index (χ4n) is 1.05. The molecule has 4 nitrogen and oxygen atoms in total. The maximum atomic E-state index is 11.0. The summed E-state index contributed by atoms with van der Waals surface area (Å²) >= 11 is 0.